The Bertz CT molecular complexity index is 505. The lowest BCUT2D eigenvalue weighted by Gasteiger charge is -2.07. The van der Waals surface area contributed by atoms with Crippen molar-refractivity contribution in [2.45, 2.75) is 19.4 Å². The molecule has 0 spiro atoms. The largest absolute Gasteiger partial charge is 0.489 e. The van der Waals surface area contributed by atoms with Gasteiger partial charge in [-0.25, -0.2) is 0 Å². The Kier molecular flexibility index (Phi) is 4.23. The van der Waals surface area contributed by atoms with Gasteiger partial charge < -0.3 is 20.2 Å². The van der Waals surface area contributed by atoms with Crippen LogP contribution in [0.15, 0.2) is 24.4 Å². The predicted molar refractivity (Wildman–Crippen MR) is 73.0 cm³/mol. The lowest BCUT2D eigenvalue weighted by molar-refractivity contribution is 0.147. The maximum absolute atomic E-state index is 5.85. The second-order valence-electron chi connectivity index (χ2n) is 4.52. The van der Waals surface area contributed by atoms with Crippen molar-refractivity contribution in [3.05, 3.63) is 30.0 Å². The Morgan fingerprint density at radius 2 is 2.17 bits per heavy atom. The fourth-order valence-corrected chi connectivity index (χ4v) is 2.06. The average Bonchev–Trinajstić information content (AvgIpc) is 2.73. The molecule has 98 valence electrons. The third kappa shape index (κ3) is 2.83. The van der Waals surface area contributed by atoms with E-state index in [1.165, 1.54) is 10.9 Å². The first kappa shape index (κ1) is 12.9. The summed E-state index contributed by atoms with van der Waals surface area (Å²) in [6.45, 7) is 3.15. The summed E-state index contributed by atoms with van der Waals surface area (Å²) in [7, 11) is 1.67. The number of aromatic nitrogens is 1. The Hall–Kier alpha value is -1.52. The van der Waals surface area contributed by atoms with E-state index in [1.807, 2.05) is 25.3 Å². The smallest absolute Gasteiger partial charge is 0.143 e. The Morgan fingerprint density at radius 3 is 2.89 bits per heavy atom. The molecule has 0 aliphatic rings. The fourth-order valence-electron chi connectivity index (χ4n) is 2.06. The van der Waals surface area contributed by atoms with Crippen molar-refractivity contribution in [2.75, 3.05) is 20.3 Å². The maximum Gasteiger partial charge on any atom is 0.143 e. The van der Waals surface area contributed by atoms with Crippen LogP contribution in [0.1, 0.15) is 12.5 Å². The number of rotatable bonds is 6. The van der Waals surface area contributed by atoms with Gasteiger partial charge in [-0.1, -0.05) is 12.1 Å². The Labute approximate surface area is 107 Å². The molecule has 0 fully saturated rings. The van der Waals surface area contributed by atoms with E-state index in [2.05, 4.69) is 11.1 Å². The van der Waals surface area contributed by atoms with Crippen molar-refractivity contribution in [1.82, 2.24) is 4.98 Å². The van der Waals surface area contributed by atoms with E-state index in [0.717, 1.165) is 17.7 Å². The third-order valence-electron chi connectivity index (χ3n) is 2.85. The van der Waals surface area contributed by atoms with Crippen molar-refractivity contribution in [2.24, 2.45) is 5.73 Å². The summed E-state index contributed by atoms with van der Waals surface area (Å²) in [5.74, 6) is 0.862. The van der Waals surface area contributed by atoms with Gasteiger partial charge >= 0.3 is 0 Å². The van der Waals surface area contributed by atoms with Crippen LogP contribution in [-0.2, 0) is 11.2 Å². The summed E-state index contributed by atoms with van der Waals surface area (Å²) in [5, 5.41) is 1.18. The number of para-hydroxylation sites is 1. The number of hydrogen-bond donors (Lipinski definition) is 2. The lowest BCUT2D eigenvalue weighted by atomic mass is 10.1. The predicted octanol–water partition coefficient (Wildman–Crippen LogP) is 2.08. The van der Waals surface area contributed by atoms with Crippen molar-refractivity contribution < 1.29 is 9.47 Å². The van der Waals surface area contributed by atoms with Gasteiger partial charge in [0.15, 0.2) is 0 Å². The number of hydrogen-bond acceptors (Lipinski definition) is 3. The number of fused-ring (bicyclic) bond motifs is 1. The van der Waals surface area contributed by atoms with Gasteiger partial charge in [-0.3, -0.25) is 0 Å². The monoisotopic (exact) mass is 248 g/mol. The van der Waals surface area contributed by atoms with E-state index in [9.17, 15) is 0 Å². The molecule has 0 unspecified atom stereocenters. The standard InChI is InChI=1S/C14H20N2O2/c1-10(15)8-11-9-16-14-12(11)4-3-5-13(14)18-7-6-17-2/h3-5,9-10,16H,6-8,15H2,1-2H3/t10-/m1/s1. The maximum atomic E-state index is 5.85. The van der Waals surface area contributed by atoms with Crippen LogP contribution in [0, 0.1) is 0 Å². The first-order chi connectivity index (χ1) is 8.72. The molecule has 0 aliphatic carbocycles. The van der Waals surface area contributed by atoms with Crippen LogP contribution >= 0.6 is 0 Å². The second kappa shape index (κ2) is 5.89. The summed E-state index contributed by atoms with van der Waals surface area (Å²) in [5.41, 5.74) is 8.11. The summed E-state index contributed by atoms with van der Waals surface area (Å²) < 4.78 is 10.7. The Balaban J connectivity index is 2.24. The second-order valence-corrected chi connectivity index (χ2v) is 4.52. The molecule has 1 aromatic heterocycles. The van der Waals surface area contributed by atoms with Crippen LogP contribution in [0.2, 0.25) is 0 Å². The number of nitrogens with two attached hydrogens (primary N) is 1. The molecule has 0 amide bonds. The van der Waals surface area contributed by atoms with Crippen molar-refractivity contribution in [1.29, 1.82) is 0 Å². The minimum Gasteiger partial charge on any atom is -0.489 e. The zero-order valence-electron chi connectivity index (χ0n) is 10.9. The van der Waals surface area contributed by atoms with Crippen LogP contribution in [-0.4, -0.2) is 31.3 Å². The molecule has 2 aromatic rings. The van der Waals surface area contributed by atoms with Crippen LogP contribution in [0.5, 0.6) is 5.75 Å². The molecule has 18 heavy (non-hydrogen) atoms. The lowest BCUT2D eigenvalue weighted by Crippen LogP contribution is -2.17. The van der Waals surface area contributed by atoms with Gasteiger partial charge in [-0.2, -0.15) is 0 Å². The van der Waals surface area contributed by atoms with Gasteiger partial charge in [-0.15, -0.1) is 0 Å². The molecule has 0 saturated heterocycles. The minimum absolute atomic E-state index is 0.155. The van der Waals surface area contributed by atoms with E-state index < -0.39 is 0 Å². The summed E-state index contributed by atoms with van der Waals surface area (Å²) in [4.78, 5) is 3.27. The molecule has 0 bridgehead atoms. The first-order valence-electron chi connectivity index (χ1n) is 6.18. The number of methoxy groups -OCH3 is 1. The highest BCUT2D eigenvalue weighted by atomic mass is 16.5. The highest BCUT2D eigenvalue weighted by molar-refractivity contribution is 5.88. The molecule has 1 aromatic carbocycles. The molecule has 3 N–H and O–H groups in total. The van der Waals surface area contributed by atoms with Gasteiger partial charge in [0, 0.05) is 24.7 Å². The van der Waals surface area contributed by atoms with Gasteiger partial charge in [-0.05, 0) is 25.0 Å². The van der Waals surface area contributed by atoms with Crippen molar-refractivity contribution in [3.63, 3.8) is 0 Å². The van der Waals surface area contributed by atoms with Crippen molar-refractivity contribution in [3.8, 4) is 5.75 Å². The highest BCUT2D eigenvalue weighted by Gasteiger charge is 2.09. The van der Waals surface area contributed by atoms with Gasteiger partial charge in [0.05, 0.1) is 12.1 Å². The fraction of sp³-hybridized carbons (Fsp3) is 0.429. The summed E-state index contributed by atoms with van der Waals surface area (Å²) in [6.07, 6.45) is 2.87. The molecule has 0 radical (unpaired) electrons. The molecular weight excluding hydrogens is 228 g/mol. The summed E-state index contributed by atoms with van der Waals surface area (Å²) >= 11 is 0. The van der Waals surface area contributed by atoms with Crippen LogP contribution in [0.4, 0.5) is 0 Å². The van der Waals surface area contributed by atoms with Gasteiger partial charge in [0.2, 0.25) is 0 Å². The molecule has 1 heterocycles. The van der Waals surface area contributed by atoms with Gasteiger partial charge in [0.25, 0.3) is 0 Å². The Morgan fingerprint density at radius 1 is 1.33 bits per heavy atom. The van der Waals surface area contributed by atoms with E-state index in [-0.39, 0.29) is 6.04 Å². The zero-order chi connectivity index (χ0) is 13.0. The van der Waals surface area contributed by atoms with E-state index in [4.69, 9.17) is 15.2 Å². The number of ether oxygens (including phenoxy) is 2. The highest BCUT2D eigenvalue weighted by Crippen LogP contribution is 2.27. The van der Waals surface area contributed by atoms with E-state index in [0.29, 0.717) is 13.2 Å². The van der Waals surface area contributed by atoms with Crippen LogP contribution < -0.4 is 10.5 Å². The molecule has 4 nitrogen and oxygen atoms in total. The van der Waals surface area contributed by atoms with Gasteiger partial charge in [0.1, 0.15) is 12.4 Å². The molecule has 2 rings (SSSR count). The molecule has 0 aliphatic heterocycles. The van der Waals surface area contributed by atoms with Crippen LogP contribution in [0.3, 0.4) is 0 Å². The number of aromatic amines is 1. The molecular formula is C14H20N2O2. The molecule has 0 saturated carbocycles. The first-order valence-corrected chi connectivity index (χ1v) is 6.18. The number of benzene rings is 1. The quantitative estimate of drug-likeness (QED) is 0.769. The zero-order valence-corrected chi connectivity index (χ0v) is 10.9. The third-order valence-corrected chi connectivity index (χ3v) is 2.85. The number of H-pyrrole nitrogens is 1. The minimum atomic E-state index is 0.155. The van der Waals surface area contributed by atoms with Crippen LogP contribution in [0.25, 0.3) is 10.9 Å². The SMILES string of the molecule is COCCOc1cccc2c(C[C@@H](C)N)c[nH]c12. The molecule has 1 atom stereocenters. The normalized spacial score (nSPS) is 12.8. The van der Waals surface area contributed by atoms with E-state index >= 15 is 0 Å². The number of nitrogens with one attached hydrogen (secondary N) is 1. The average molecular weight is 248 g/mol. The van der Waals surface area contributed by atoms with Crippen molar-refractivity contribution >= 4 is 10.9 Å². The molecule has 4 heteroatoms. The van der Waals surface area contributed by atoms with E-state index in [1.54, 1.807) is 7.11 Å². The topological polar surface area (TPSA) is 60.3 Å². The summed E-state index contributed by atoms with van der Waals surface area (Å²) in [6, 6.07) is 6.21.